The maximum Gasteiger partial charge on any atom is 0.00104 e. The largest absolute Gasteiger partial charge is 0.314 e. The second kappa shape index (κ2) is 7.37. The molecule has 0 rings (SSSR count). The SMILES string of the molecule is CC(C)CCCC(C)CNC(C)C. The molecular formula is C12H27N. The monoisotopic (exact) mass is 185 g/mol. The van der Waals surface area contributed by atoms with Crippen molar-refractivity contribution in [1.82, 2.24) is 5.32 Å². The van der Waals surface area contributed by atoms with Crippen molar-refractivity contribution in [1.29, 1.82) is 0 Å². The lowest BCUT2D eigenvalue weighted by atomic mass is 9.99. The summed E-state index contributed by atoms with van der Waals surface area (Å²) in [5.41, 5.74) is 0. The molecular weight excluding hydrogens is 158 g/mol. The molecule has 0 aromatic carbocycles. The third kappa shape index (κ3) is 9.88. The van der Waals surface area contributed by atoms with Crippen molar-refractivity contribution in [3.63, 3.8) is 0 Å². The van der Waals surface area contributed by atoms with E-state index in [-0.39, 0.29) is 0 Å². The maximum atomic E-state index is 3.48. The van der Waals surface area contributed by atoms with Crippen LogP contribution in [0.2, 0.25) is 0 Å². The predicted molar refractivity (Wildman–Crippen MR) is 61.0 cm³/mol. The van der Waals surface area contributed by atoms with Gasteiger partial charge in [-0.2, -0.15) is 0 Å². The quantitative estimate of drug-likeness (QED) is 0.640. The molecule has 0 aliphatic carbocycles. The molecule has 1 atom stereocenters. The Morgan fingerprint density at radius 2 is 1.54 bits per heavy atom. The molecule has 0 radical (unpaired) electrons. The van der Waals surface area contributed by atoms with Crippen LogP contribution in [0, 0.1) is 11.8 Å². The Hall–Kier alpha value is -0.0400. The van der Waals surface area contributed by atoms with Crippen LogP contribution in [0.15, 0.2) is 0 Å². The smallest absolute Gasteiger partial charge is 0.00104 e. The molecule has 13 heavy (non-hydrogen) atoms. The Balaban J connectivity index is 3.25. The molecule has 0 amide bonds. The summed E-state index contributed by atoms with van der Waals surface area (Å²) in [5, 5.41) is 3.48. The fourth-order valence-electron chi connectivity index (χ4n) is 1.41. The summed E-state index contributed by atoms with van der Waals surface area (Å²) < 4.78 is 0. The van der Waals surface area contributed by atoms with E-state index in [1.54, 1.807) is 0 Å². The van der Waals surface area contributed by atoms with Gasteiger partial charge >= 0.3 is 0 Å². The van der Waals surface area contributed by atoms with Gasteiger partial charge in [-0.25, -0.2) is 0 Å². The third-order valence-corrected chi connectivity index (χ3v) is 2.35. The third-order valence-electron chi connectivity index (χ3n) is 2.35. The lowest BCUT2D eigenvalue weighted by Crippen LogP contribution is -2.27. The molecule has 1 heteroatoms. The minimum absolute atomic E-state index is 0.632. The highest BCUT2D eigenvalue weighted by molar-refractivity contribution is 4.60. The van der Waals surface area contributed by atoms with Crippen molar-refractivity contribution >= 4 is 0 Å². The fraction of sp³-hybridized carbons (Fsp3) is 1.00. The number of hydrogen-bond donors (Lipinski definition) is 1. The summed E-state index contributed by atoms with van der Waals surface area (Å²) in [6.07, 6.45) is 4.14. The molecule has 0 aromatic heterocycles. The first kappa shape index (κ1) is 13.0. The zero-order valence-corrected chi connectivity index (χ0v) is 10.1. The molecule has 0 aromatic rings. The van der Waals surface area contributed by atoms with E-state index in [2.05, 4.69) is 39.9 Å². The van der Waals surface area contributed by atoms with Gasteiger partial charge in [0.1, 0.15) is 0 Å². The van der Waals surface area contributed by atoms with Crippen LogP contribution in [0.1, 0.15) is 53.9 Å². The van der Waals surface area contributed by atoms with E-state index in [1.165, 1.54) is 25.8 Å². The topological polar surface area (TPSA) is 12.0 Å². The van der Waals surface area contributed by atoms with Crippen molar-refractivity contribution in [2.45, 2.75) is 59.9 Å². The van der Waals surface area contributed by atoms with E-state index in [1.807, 2.05) is 0 Å². The molecule has 0 bridgehead atoms. The second-order valence-electron chi connectivity index (χ2n) is 4.99. The van der Waals surface area contributed by atoms with E-state index in [9.17, 15) is 0 Å². The van der Waals surface area contributed by atoms with Crippen LogP contribution in [-0.4, -0.2) is 12.6 Å². The minimum atomic E-state index is 0.632. The van der Waals surface area contributed by atoms with Crippen molar-refractivity contribution in [3.8, 4) is 0 Å². The van der Waals surface area contributed by atoms with Gasteiger partial charge in [0.15, 0.2) is 0 Å². The van der Waals surface area contributed by atoms with E-state index in [4.69, 9.17) is 0 Å². The van der Waals surface area contributed by atoms with Crippen molar-refractivity contribution in [3.05, 3.63) is 0 Å². The molecule has 1 N–H and O–H groups in total. The molecule has 0 fully saturated rings. The molecule has 80 valence electrons. The first-order valence-corrected chi connectivity index (χ1v) is 5.75. The van der Waals surface area contributed by atoms with Crippen molar-refractivity contribution < 1.29 is 0 Å². The molecule has 1 unspecified atom stereocenters. The fourth-order valence-corrected chi connectivity index (χ4v) is 1.41. The van der Waals surface area contributed by atoms with Crippen LogP contribution in [0.4, 0.5) is 0 Å². The van der Waals surface area contributed by atoms with Crippen LogP contribution in [0.5, 0.6) is 0 Å². The first-order chi connectivity index (χ1) is 6.02. The highest BCUT2D eigenvalue weighted by Crippen LogP contribution is 2.11. The van der Waals surface area contributed by atoms with E-state index in [0.29, 0.717) is 6.04 Å². The molecule has 0 saturated carbocycles. The molecule has 0 aliphatic heterocycles. The average Bonchev–Trinajstić information content (AvgIpc) is 2.00. The van der Waals surface area contributed by atoms with Gasteiger partial charge in [0.2, 0.25) is 0 Å². The molecule has 0 heterocycles. The second-order valence-corrected chi connectivity index (χ2v) is 4.99. The molecule has 1 nitrogen and oxygen atoms in total. The Bertz CT molecular complexity index is 108. The molecule has 0 spiro atoms. The van der Waals surface area contributed by atoms with E-state index >= 15 is 0 Å². The van der Waals surface area contributed by atoms with Gasteiger partial charge in [-0.3, -0.25) is 0 Å². The Labute approximate surface area is 84.3 Å². The lowest BCUT2D eigenvalue weighted by Gasteiger charge is -2.15. The maximum absolute atomic E-state index is 3.48. The predicted octanol–water partition coefficient (Wildman–Crippen LogP) is 3.45. The normalized spacial score (nSPS) is 14.1. The van der Waals surface area contributed by atoms with Crippen LogP contribution < -0.4 is 5.32 Å². The van der Waals surface area contributed by atoms with Crippen molar-refractivity contribution in [2.75, 3.05) is 6.54 Å². The van der Waals surface area contributed by atoms with Crippen LogP contribution in [0.25, 0.3) is 0 Å². The average molecular weight is 185 g/mol. The first-order valence-electron chi connectivity index (χ1n) is 5.75. The number of rotatable bonds is 7. The summed E-state index contributed by atoms with van der Waals surface area (Å²) in [6.45, 7) is 12.5. The number of hydrogen-bond acceptors (Lipinski definition) is 1. The summed E-state index contributed by atoms with van der Waals surface area (Å²) in [7, 11) is 0. The van der Waals surface area contributed by atoms with Gasteiger partial charge in [-0.1, -0.05) is 47.5 Å². The van der Waals surface area contributed by atoms with Gasteiger partial charge in [-0.15, -0.1) is 0 Å². The van der Waals surface area contributed by atoms with Crippen LogP contribution >= 0.6 is 0 Å². The van der Waals surface area contributed by atoms with E-state index in [0.717, 1.165) is 11.8 Å². The zero-order valence-electron chi connectivity index (χ0n) is 10.1. The lowest BCUT2D eigenvalue weighted by molar-refractivity contribution is 0.419. The van der Waals surface area contributed by atoms with Gasteiger partial charge in [0.25, 0.3) is 0 Å². The highest BCUT2D eigenvalue weighted by atomic mass is 14.9. The van der Waals surface area contributed by atoms with Crippen LogP contribution in [-0.2, 0) is 0 Å². The summed E-state index contributed by atoms with van der Waals surface area (Å²) in [6, 6.07) is 0.632. The Kier molecular flexibility index (Phi) is 7.35. The van der Waals surface area contributed by atoms with Gasteiger partial charge in [0.05, 0.1) is 0 Å². The molecule has 0 aliphatic rings. The van der Waals surface area contributed by atoms with Crippen LogP contribution in [0.3, 0.4) is 0 Å². The van der Waals surface area contributed by atoms with Gasteiger partial charge < -0.3 is 5.32 Å². The standard InChI is InChI=1S/C12H27N/c1-10(2)7-6-8-12(5)9-13-11(3)4/h10-13H,6-9H2,1-5H3. The molecule has 0 saturated heterocycles. The zero-order chi connectivity index (χ0) is 10.3. The van der Waals surface area contributed by atoms with Gasteiger partial charge in [0, 0.05) is 6.04 Å². The van der Waals surface area contributed by atoms with Gasteiger partial charge in [-0.05, 0) is 24.8 Å². The Morgan fingerprint density at radius 3 is 2.00 bits per heavy atom. The minimum Gasteiger partial charge on any atom is -0.314 e. The highest BCUT2D eigenvalue weighted by Gasteiger charge is 2.03. The Morgan fingerprint density at radius 1 is 0.923 bits per heavy atom. The summed E-state index contributed by atoms with van der Waals surface area (Å²) >= 11 is 0. The summed E-state index contributed by atoms with van der Waals surface area (Å²) in [5.74, 6) is 1.70. The van der Waals surface area contributed by atoms with E-state index < -0.39 is 0 Å². The van der Waals surface area contributed by atoms with Crippen molar-refractivity contribution in [2.24, 2.45) is 11.8 Å². The number of nitrogens with one attached hydrogen (secondary N) is 1. The summed E-state index contributed by atoms with van der Waals surface area (Å²) in [4.78, 5) is 0.